The van der Waals surface area contributed by atoms with Crippen LogP contribution in [0.15, 0.2) is 16.5 Å². The van der Waals surface area contributed by atoms with Gasteiger partial charge in [-0.05, 0) is 32.3 Å². The Balaban J connectivity index is 2.09. The van der Waals surface area contributed by atoms with Crippen LogP contribution in [0.5, 0.6) is 0 Å². The van der Waals surface area contributed by atoms with Gasteiger partial charge in [0.1, 0.15) is 0 Å². The summed E-state index contributed by atoms with van der Waals surface area (Å²) in [6.45, 7) is 3.30. The van der Waals surface area contributed by atoms with Crippen LogP contribution in [0.2, 0.25) is 0 Å². The Hall–Kier alpha value is -1.49. The zero-order valence-corrected chi connectivity index (χ0v) is 9.85. The van der Waals surface area contributed by atoms with Gasteiger partial charge in [-0.1, -0.05) is 0 Å². The van der Waals surface area contributed by atoms with E-state index in [2.05, 4.69) is 0 Å². The van der Waals surface area contributed by atoms with Gasteiger partial charge in [-0.25, -0.2) is 4.79 Å². The van der Waals surface area contributed by atoms with Gasteiger partial charge in [0, 0.05) is 19.2 Å². The van der Waals surface area contributed by atoms with Crippen molar-refractivity contribution in [1.82, 2.24) is 0 Å². The second kappa shape index (κ2) is 4.41. The molecule has 5 nitrogen and oxygen atoms in total. The molecule has 1 aliphatic heterocycles. The average Bonchev–Trinajstić information content (AvgIpc) is 2.65. The number of nitrogens with zero attached hydrogens (tertiary/aromatic N) is 1. The first-order valence-corrected chi connectivity index (χ1v) is 5.78. The summed E-state index contributed by atoms with van der Waals surface area (Å²) in [6.07, 6.45) is 2.29. The summed E-state index contributed by atoms with van der Waals surface area (Å²) < 4.78 is 5.25. The minimum absolute atomic E-state index is 0.0454. The Morgan fingerprint density at radius 3 is 2.82 bits per heavy atom. The number of hydrogen-bond donors (Lipinski definition) is 2. The van der Waals surface area contributed by atoms with E-state index < -0.39 is 11.6 Å². The number of carboxylic acids is 1. The number of carboxylic acid groups (broad SMARTS) is 1. The molecular weight excluding hydrogens is 222 g/mol. The van der Waals surface area contributed by atoms with Gasteiger partial charge < -0.3 is 19.5 Å². The summed E-state index contributed by atoms with van der Waals surface area (Å²) in [5.41, 5.74) is -0.628. The van der Waals surface area contributed by atoms with E-state index in [0.717, 1.165) is 19.4 Å². The molecule has 1 aliphatic rings. The molecule has 2 rings (SSSR count). The third-order valence-corrected chi connectivity index (χ3v) is 3.18. The van der Waals surface area contributed by atoms with Gasteiger partial charge in [0.2, 0.25) is 5.76 Å². The summed E-state index contributed by atoms with van der Waals surface area (Å²) in [5.74, 6) is -0.533. The number of anilines is 1. The quantitative estimate of drug-likeness (QED) is 0.822. The molecule has 0 amide bonds. The third kappa shape index (κ3) is 2.79. The van der Waals surface area contributed by atoms with Gasteiger partial charge in [-0.15, -0.1) is 0 Å². The molecule has 1 saturated heterocycles. The van der Waals surface area contributed by atoms with Crippen LogP contribution in [0.25, 0.3) is 0 Å². The van der Waals surface area contributed by atoms with E-state index in [-0.39, 0.29) is 5.76 Å². The van der Waals surface area contributed by atoms with Crippen molar-refractivity contribution >= 4 is 11.9 Å². The van der Waals surface area contributed by atoms with E-state index >= 15 is 0 Å². The highest BCUT2D eigenvalue weighted by Gasteiger charge is 2.26. The fourth-order valence-electron chi connectivity index (χ4n) is 2.10. The zero-order valence-electron chi connectivity index (χ0n) is 9.85. The van der Waals surface area contributed by atoms with Crippen LogP contribution < -0.4 is 4.90 Å². The molecule has 17 heavy (non-hydrogen) atoms. The number of aliphatic hydroxyl groups is 1. The number of furan rings is 1. The molecule has 0 radical (unpaired) electrons. The van der Waals surface area contributed by atoms with Crippen LogP contribution in [-0.4, -0.2) is 34.9 Å². The first kappa shape index (κ1) is 12.0. The maximum atomic E-state index is 10.7. The molecule has 1 fully saturated rings. The SMILES string of the molecule is CC1(O)CCCN(c2ccc(C(=O)O)o2)CC1. The van der Waals surface area contributed by atoms with Crippen molar-refractivity contribution in [2.24, 2.45) is 0 Å². The van der Waals surface area contributed by atoms with E-state index in [0.29, 0.717) is 18.8 Å². The standard InChI is InChI=1S/C12H17NO4/c1-12(16)5-2-7-13(8-6-12)10-4-3-9(17-10)11(14)15/h3-4,16H,2,5-8H2,1H3,(H,14,15). The summed E-state index contributed by atoms with van der Waals surface area (Å²) >= 11 is 0. The largest absolute Gasteiger partial charge is 0.475 e. The van der Waals surface area contributed by atoms with Gasteiger partial charge in [0.05, 0.1) is 5.60 Å². The van der Waals surface area contributed by atoms with Crippen LogP contribution >= 0.6 is 0 Å². The van der Waals surface area contributed by atoms with Crippen LogP contribution in [-0.2, 0) is 0 Å². The highest BCUT2D eigenvalue weighted by atomic mass is 16.4. The van der Waals surface area contributed by atoms with Crippen molar-refractivity contribution in [3.63, 3.8) is 0 Å². The second-order valence-electron chi connectivity index (χ2n) is 4.78. The van der Waals surface area contributed by atoms with E-state index in [1.54, 1.807) is 6.07 Å². The van der Waals surface area contributed by atoms with Crippen LogP contribution in [0, 0.1) is 0 Å². The van der Waals surface area contributed by atoms with Crippen molar-refractivity contribution in [1.29, 1.82) is 0 Å². The monoisotopic (exact) mass is 239 g/mol. The first-order valence-electron chi connectivity index (χ1n) is 5.78. The molecule has 94 valence electrons. The molecule has 0 spiro atoms. The number of carbonyl (C=O) groups is 1. The molecule has 0 saturated carbocycles. The molecule has 2 heterocycles. The van der Waals surface area contributed by atoms with Crippen LogP contribution in [0.1, 0.15) is 36.7 Å². The maximum absolute atomic E-state index is 10.7. The minimum atomic E-state index is -1.06. The van der Waals surface area contributed by atoms with E-state index in [1.807, 2.05) is 11.8 Å². The van der Waals surface area contributed by atoms with Gasteiger partial charge in [-0.2, -0.15) is 0 Å². The topological polar surface area (TPSA) is 73.9 Å². The van der Waals surface area contributed by atoms with E-state index in [4.69, 9.17) is 9.52 Å². The highest BCUT2D eigenvalue weighted by molar-refractivity contribution is 5.84. The molecule has 1 aromatic rings. The smallest absolute Gasteiger partial charge is 0.371 e. The van der Waals surface area contributed by atoms with Crippen molar-refractivity contribution in [2.75, 3.05) is 18.0 Å². The lowest BCUT2D eigenvalue weighted by molar-refractivity contribution is 0.0480. The van der Waals surface area contributed by atoms with Crippen LogP contribution in [0.4, 0.5) is 5.88 Å². The molecule has 0 aromatic carbocycles. The third-order valence-electron chi connectivity index (χ3n) is 3.18. The fourth-order valence-corrected chi connectivity index (χ4v) is 2.10. The number of hydrogen-bond acceptors (Lipinski definition) is 4. The molecule has 1 aromatic heterocycles. The fraction of sp³-hybridized carbons (Fsp3) is 0.583. The van der Waals surface area contributed by atoms with E-state index in [9.17, 15) is 9.90 Å². The molecule has 2 N–H and O–H groups in total. The Labute approximate surface area is 99.6 Å². The lowest BCUT2D eigenvalue weighted by Crippen LogP contribution is -2.28. The molecule has 1 atom stereocenters. The molecule has 0 bridgehead atoms. The number of rotatable bonds is 2. The number of aromatic carboxylic acids is 1. The summed E-state index contributed by atoms with van der Waals surface area (Å²) in [6, 6.07) is 3.13. The highest BCUT2D eigenvalue weighted by Crippen LogP contribution is 2.26. The lowest BCUT2D eigenvalue weighted by Gasteiger charge is -2.21. The molecule has 0 aliphatic carbocycles. The van der Waals surface area contributed by atoms with E-state index in [1.165, 1.54) is 6.07 Å². The van der Waals surface area contributed by atoms with Crippen molar-refractivity contribution in [2.45, 2.75) is 31.8 Å². The zero-order chi connectivity index (χ0) is 12.5. The minimum Gasteiger partial charge on any atom is -0.475 e. The summed E-state index contributed by atoms with van der Waals surface area (Å²) in [7, 11) is 0. The van der Waals surface area contributed by atoms with Gasteiger partial charge in [-0.3, -0.25) is 0 Å². The van der Waals surface area contributed by atoms with Crippen molar-refractivity contribution < 1.29 is 19.4 Å². The van der Waals surface area contributed by atoms with Crippen molar-refractivity contribution in [3.8, 4) is 0 Å². The normalized spacial score (nSPS) is 25.6. The Kier molecular flexibility index (Phi) is 3.11. The summed E-state index contributed by atoms with van der Waals surface area (Å²) in [4.78, 5) is 12.7. The van der Waals surface area contributed by atoms with Crippen molar-refractivity contribution in [3.05, 3.63) is 17.9 Å². The summed E-state index contributed by atoms with van der Waals surface area (Å²) in [5, 5.41) is 18.7. The molecule has 5 heteroatoms. The Morgan fingerprint density at radius 1 is 1.41 bits per heavy atom. The molecule has 1 unspecified atom stereocenters. The average molecular weight is 239 g/mol. The Bertz CT molecular complexity index is 410. The predicted molar refractivity (Wildman–Crippen MR) is 62.4 cm³/mol. The first-order chi connectivity index (χ1) is 7.98. The van der Waals surface area contributed by atoms with Gasteiger partial charge in [0.25, 0.3) is 0 Å². The Morgan fingerprint density at radius 2 is 2.18 bits per heavy atom. The van der Waals surface area contributed by atoms with Gasteiger partial charge in [0.15, 0.2) is 5.88 Å². The second-order valence-corrected chi connectivity index (χ2v) is 4.78. The maximum Gasteiger partial charge on any atom is 0.371 e. The van der Waals surface area contributed by atoms with Gasteiger partial charge >= 0.3 is 5.97 Å². The lowest BCUT2D eigenvalue weighted by atomic mass is 9.98. The van der Waals surface area contributed by atoms with Crippen LogP contribution in [0.3, 0.4) is 0 Å². The predicted octanol–water partition coefficient (Wildman–Crippen LogP) is 1.72. The molecular formula is C12H17NO4.